The number of aromatic nitrogens is 2. The first-order valence-electron chi connectivity index (χ1n) is 7.26. The molecule has 1 aromatic heterocycles. The van der Waals surface area contributed by atoms with Crippen molar-refractivity contribution >= 4 is 33.3 Å². The van der Waals surface area contributed by atoms with Crippen molar-refractivity contribution in [3.05, 3.63) is 6.07 Å². The second kappa shape index (κ2) is 9.71. The van der Waals surface area contributed by atoms with Crippen LogP contribution in [-0.4, -0.2) is 80.9 Å². The number of hydrogen-bond acceptors (Lipinski definition) is 10. The monoisotopic (exact) mass is 406 g/mol. The van der Waals surface area contributed by atoms with E-state index in [2.05, 4.69) is 15.4 Å². The van der Waals surface area contributed by atoms with Crippen molar-refractivity contribution in [2.75, 3.05) is 35.4 Å². The number of methoxy groups -OCH3 is 3. The second-order valence-electron chi connectivity index (χ2n) is 5.37. The highest BCUT2D eigenvalue weighted by atomic mass is 32.2. The molecule has 10 nitrogen and oxygen atoms in total. The van der Waals surface area contributed by atoms with Gasteiger partial charge in [-0.2, -0.15) is 18.4 Å². The number of nitrogens with one attached hydrogen (secondary N) is 1. The molecule has 0 aliphatic heterocycles. The lowest BCUT2D eigenvalue weighted by atomic mass is 10.0. The molecule has 12 heteroatoms. The maximum atomic E-state index is 12.7. The van der Waals surface area contributed by atoms with Crippen molar-refractivity contribution in [1.82, 2.24) is 20.4 Å². The van der Waals surface area contributed by atoms with Gasteiger partial charge in [-0.25, -0.2) is 5.01 Å². The minimum absolute atomic E-state index is 0.161. The van der Waals surface area contributed by atoms with Crippen LogP contribution < -0.4 is 14.9 Å². The normalized spacial score (nSPS) is 14.3. The Morgan fingerprint density at radius 3 is 2.19 bits per heavy atom. The summed E-state index contributed by atoms with van der Waals surface area (Å²) in [5.41, 5.74) is 1.14. The molecular weight excluding hydrogens is 384 g/mol. The van der Waals surface area contributed by atoms with Gasteiger partial charge in [-0.15, -0.1) is 0 Å². The fourth-order valence-electron chi connectivity index (χ4n) is 1.87. The number of hydrazine groups is 1. The van der Waals surface area contributed by atoms with Gasteiger partial charge in [0.15, 0.2) is 5.16 Å². The van der Waals surface area contributed by atoms with Gasteiger partial charge in [0.2, 0.25) is 22.1 Å². The van der Waals surface area contributed by atoms with E-state index in [9.17, 15) is 13.2 Å². The van der Waals surface area contributed by atoms with E-state index in [1.165, 1.54) is 39.3 Å². The highest BCUT2D eigenvalue weighted by Gasteiger charge is 2.41. The van der Waals surface area contributed by atoms with Crippen LogP contribution in [0.5, 0.6) is 11.8 Å². The van der Waals surface area contributed by atoms with Crippen LogP contribution in [-0.2, 0) is 19.8 Å². The van der Waals surface area contributed by atoms with Gasteiger partial charge >= 0.3 is 0 Å². The maximum Gasteiger partial charge on any atom is 0.251 e. The van der Waals surface area contributed by atoms with Crippen LogP contribution in [0.25, 0.3) is 0 Å². The summed E-state index contributed by atoms with van der Waals surface area (Å²) >= 11 is 0.921. The summed E-state index contributed by atoms with van der Waals surface area (Å²) in [7, 11) is 4.88. The van der Waals surface area contributed by atoms with Crippen molar-refractivity contribution in [3.8, 4) is 11.8 Å². The zero-order chi connectivity index (χ0) is 19.9. The van der Waals surface area contributed by atoms with Crippen molar-refractivity contribution < 1.29 is 27.4 Å². The molecule has 0 spiro atoms. The molecule has 1 amide bonds. The van der Waals surface area contributed by atoms with Crippen LogP contribution >= 0.6 is 11.8 Å². The third kappa shape index (κ3) is 6.12. The molecule has 26 heavy (non-hydrogen) atoms. The van der Waals surface area contributed by atoms with Crippen LogP contribution in [0.15, 0.2) is 11.2 Å². The zero-order valence-corrected chi connectivity index (χ0v) is 17.0. The zero-order valence-electron chi connectivity index (χ0n) is 15.3. The molecule has 0 aromatic carbocycles. The van der Waals surface area contributed by atoms with Crippen LogP contribution in [0.2, 0.25) is 0 Å². The van der Waals surface area contributed by atoms with Crippen LogP contribution in [0.3, 0.4) is 0 Å². The Labute approximate surface area is 157 Å². The molecule has 0 saturated heterocycles. The lowest BCUT2D eigenvalue weighted by Gasteiger charge is -2.31. The van der Waals surface area contributed by atoms with E-state index < -0.39 is 27.1 Å². The predicted molar refractivity (Wildman–Crippen MR) is 97.0 cm³/mol. The summed E-state index contributed by atoms with van der Waals surface area (Å²) in [6.07, 6.45) is 0. The number of nitrogens with zero attached hydrogens (tertiary/aromatic N) is 3. The van der Waals surface area contributed by atoms with E-state index in [0.29, 0.717) is 0 Å². The van der Waals surface area contributed by atoms with Gasteiger partial charge in [-0.05, 0) is 6.92 Å². The fourth-order valence-corrected chi connectivity index (χ4v) is 3.62. The smallest absolute Gasteiger partial charge is 0.251 e. The molecule has 0 aliphatic rings. The molecule has 1 N–H and O–H groups in total. The molecule has 0 bridgehead atoms. The summed E-state index contributed by atoms with van der Waals surface area (Å²) in [4.78, 5) is 21.0. The van der Waals surface area contributed by atoms with Gasteiger partial charge in [-0.1, -0.05) is 11.8 Å². The van der Waals surface area contributed by atoms with E-state index in [1.54, 1.807) is 14.1 Å². The molecule has 2 unspecified atom stereocenters. The molecular formula is C14H22N4O6S2. The Bertz CT molecular complexity index is 740. The van der Waals surface area contributed by atoms with E-state index in [0.717, 1.165) is 17.1 Å². The van der Waals surface area contributed by atoms with Crippen molar-refractivity contribution in [1.29, 1.82) is 0 Å². The summed E-state index contributed by atoms with van der Waals surface area (Å²) < 4.78 is 37.9. The van der Waals surface area contributed by atoms with Crippen LogP contribution in [0.4, 0.5) is 0 Å². The third-order valence-electron chi connectivity index (χ3n) is 3.16. The molecule has 0 radical (unpaired) electrons. The van der Waals surface area contributed by atoms with Crippen molar-refractivity contribution in [2.24, 2.45) is 0 Å². The SMILES string of the molecule is COc1cc(OC)nc(SC(C(=O)NN(C)C)C(C)(C=S(=O)=O)OC)n1. The second-order valence-corrected chi connectivity index (χ2v) is 7.20. The molecule has 146 valence electrons. The average molecular weight is 406 g/mol. The number of rotatable bonds is 9. The summed E-state index contributed by atoms with van der Waals surface area (Å²) in [5.74, 6) is -0.0142. The van der Waals surface area contributed by atoms with E-state index >= 15 is 0 Å². The first-order valence-corrected chi connectivity index (χ1v) is 9.27. The number of amides is 1. The van der Waals surface area contributed by atoms with Gasteiger partial charge in [0, 0.05) is 21.2 Å². The number of carbonyl (C=O) groups is 1. The highest BCUT2D eigenvalue weighted by molar-refractivity contribution is 8.00. The third-order valence-corrected chi connectivity index (χ3v) is 5.13. The maximum absolute atomic E-state index is 12.7. The van der Waals surface area contributed by atoms with Gasteiger partial charge in [-0.3, -0.25) is 10.2 Å². The van der Waals surface area contributed by atoms with E-state index in [-0.39, 0.29) is 16.9 Å². The molecule has 1 rings (SSSR count). The van der Waals surface area contributed by atoms with Gasteiger partial charge in [0.1, 0.15) is 10.9 Å². The van der Waals surface area contributed by atoms with Crippen molar-refractivity contribution in [2.45, 2.75) is 22.9 Å². The Morgan fingerprint density at radius 2 is 1.81 bits per heavy atom. The summed E-state index contributed by atoms with van der Waals surface area (Å²) in [6, 6.07) is 1.48. The first-order chi connectivity index (χ1) is 12.1. The van der Waals surface area contributed by atoms with Crippen LogP contribution in [0, 0.1) is 0 Å². The molecule has 0 fully saturated rings. The highest BCUT2D eigenvalue weighted by Crippen LogP contribution is 2.32. The Kier molecular flexibility index (Phi) is 8.27. The van der Waals surface area contributed by atoms with Gasteiger partial charge in [0.05, 0.1) is 25.7 Å². The first kappa shape index (κ1) is 22.2. The number of ether oxygens (including phenoxy) is 3. The molecule has 2 atom stereocenters. The number of hydrogen-bond donors (Lipinski definition) is 1. The van der Waals surface area contributed by atoms with Crippen LogP contribution in [0.1, 0.15) is 6.92 Å². The molecule has 1 heterocycles. The standard InChI is InChI=1S/C14H22N4O6S2/c1-14(24-6,8-26(20)21)11(12(19)17-18(2)3)25-13-15-9(22-4)7-10(16-13)23-5/h7-8,11H,1-6H3,(H,17,19). The van der Waals surface area contributed by atoms with Gasteiger partial charge in [0.25, 0.3) is 5.91 Å². The Morgan fingerprint density at radius 1 is 1.27 bits per heavy atom. The lowest BCUT2D eigenvalue weighted by Crippen LogP contribution is -2.53. The lowest BCUT2D eigenvalue weighted by molar-refractivity contribution is -0.127. The minimum Gasteiger partial charge on any atom is -0.481 e. The average Bonchev–Trinajstić information content (AvgIpc) is 2.57. The summed E-state index contributed by atoms with van der Waals surface area (Å²) in [5, 5.41) is 1.49. The van der Waals surface area contributed by atoms with Gasteiger partial charge < -0.3 is 14.2 Å². The summed E-state index contributed by atoms with van der Waals surface area (Å²) in [6.45, 7) is 1.48. The largest absolute Gasteiger partial charge is 0.481 e. The van der Waals surface area contributed by atoms with E-state index in [1.807, 2.05) is 0 Å². The fraction of sp³-hybridized carbons (Fsp3) is 0.571. The topological polar surface area (TPSA) is 120 Å². The minimum atomic E-state index is -2.55. The Balaban J connectivity index is 3.37. The van der Waals surface area contributed by atoms with Crippen molar-refractivity contribution in [3.63, 3.8) is 0 Å². The molecule has 1 aromatic rings. The number of thioether (sulfide) groups is 1. The quantitative estimate of drug-likeness (QED) is 0.252. The number of carbonyl (C=O) groups excluding carboxylic acids is 1. The van der Waals surface area contributed by atoms with E-state index in [4.69, 9.17) is 14.2 Å². The molecule has 0 aliphatic carbocycles. The molecule has 0 saturated carbocycles. The predicted octanol–water partition coefficient (Wildman–Crippen LogP) is -0.366. The Hall–Kier alpha value is -1.89.